The topological polar surface area (TPSA) is 63.1 Å². The van der Waals surface area contributed by atoms with Gasteiger partial charge in [-0.1, -0.05) is 0 Å². The Bertz CT molecular complexity index is 954. The Hall–Kier alpha value is -2.76. The van der Waals surface area contributed by atoms with Gasteiger partial charge < -0.3 is 19.2 Å². The van der Waals surface area contributed by atoms with E-state index in [2.05, 4.69) is 9.97 Å². The molecule has 2 aromatic heterocycles. The minimum absolute atomic E-state index is 0.128. The largest absolute Gasteiger partial charge is 0.497 e. The molecule has 0 saturated heterocycles. The van der Waals surface area contributed by atoms with Crippen LogP contribution < -0.4 is 4.74 Å². The van der Waals surface area contributed by atoms with Crippen molar-refractivity contribution >= 4 is 16.8 Å². The zero-order chi connectivity index (χ0) is 17.6. The number of nitrogens with zero attached hydrogens (tertiary/aromatic N) is 3. The van der Waals surface area contributed by atoms with Crippen molar-refractivity contribution in [2.24, 2.45) is 0 Å². The second kappa shape index (κ2) is 5.95. The number of aromatic amines is 1. The van der Waals surface area contributed by atoms with Crippen molar-refractivity contribution in [1.29, 1.82) is 0 Å². The second-order valence-electron chi connectivity index (χ2n) is 6.60. The third-order valence-electron chi connectivity index (χ3n) is 5.19. The average molecular weight is 338 g/mol. The van der Waals surface area contributed by atoms with E-state index in [0.29, 0.717) is 13.1 Å². The number of amides is 1. The number of H-pyrrole nitrogens is 1. The van der Waals surface area contributed by atoms with Gasteiger partial charge in [0.05, 0.1) is 19.1 Å². The van der Waals surface area contributed by atoms with Crippen LogP contribution in [0.3, 0.4) is 0 Å². The normalized spacial score (nSPS) is 14.0. The number of hydrogen-bond acceptors (Lipinski definition) is 3. The van der Waals surface area contributed by atoms with E-state index in [1.165, 1.54) is 11.3 Å². The highest BCUT2D eigenvalue weighted by Crippen LogP contribution is 2.30. The summed E-state index contributed by atoms with van der Waals surface area (Å²) >= 11 is 0. The number of rotatable bonds is 3. The highest BCUT2D eigenvalue weighted by Gasteiger charge is 2.24. The van der Waals surface area contributed by atoms with E-state index < -0.39 is 0 Å². The number of aromatic nitrogens is 3. The summed E-state index contributed by atoms with van der Waals surface area (Å²) in [6.07, 6.45) is 2.59. The van der Waals surface area contributed by atoms with Crippen LogP contribution in [-0.4, -0.2) is 39.0 Å². The summed E-state index contributed by atoms with van der Waals surface area (Å²) in [6, 6.07) is 6.04. The van der Waals surface area contributed by atoms with E-state index in [9.17, 15) is 4.79 Å². The summed E-state index contributed by atoms with van der Waals surface area (Å²) in [5.41, 5.74) is 5.54. The van der Waals surface area contributed by atoms with E-state index in [4.69, 9.17) is 4.74 Å². The fourth-order valence-corrected chi connectivity index (χ4v) is 3.48. The molecule has 0 spiro atoms. The minimum atomic E-state index is 0.128. The number of ether oxygens (including phenoxy) is 1. The van der Waals surface area contributed by atoms with Gasteiger partial charge in [0.1, 0.15) is 12.3 Å². The van der Waals surface area contributed by atoms with Gasteiger partial charge in [0.15, 0.2) is 0 Å². The van der Waals surface area contributed by atoms with Gasteiger partial charge in [-0.2, -0.15) is 0 Å². The summed E-state index contributed by atoms with van der Waals surface area (Å²) in [7, 11) is 1.67. The lowest BCUT2D eigenvalue weighted by Crippen LogP contribution is -2.37. The van der Waals surface area contributed by atoms with Gasteiger partial charge in [-0.15, -0.1) is 0 Å². The number of aryl methyl sites for hydroxylation is 1. The van der Waals surface area contributed by atoms with Gasteiger partial charge in [0.25, 0.3) is 0 Å². The summed E-state index contributed by atoms with van der Waals surface area (Å²) in [5, 5.41) is 1.14. The molecular weight excluding hydrogens is 316 g/mol. The van der Waals surface area contributed by atoms with Crippen molar-refractivity contribution in [3.8, 4) is 5.75 Å². The number of benzene rings is 1. The quantitative estimate of drug-likeness (QED) is 0.798. The number of nitrogens with one attached hydrogen (secondary N) is 1. The Balaban J connectivity index is 1.59. The molecule has 1 aromatic carbocycles. The molecule has 4 rings (SSSR count). The average Bonchev–Trinajstić information content (AvgIpc) is 3.15. The van der Waals surface area contributed by atoms with Crippen LogP contribution in [0.5, 0.6) is 5.75 Å². The van der Waals surface area contributed by atoms with Gasteiger partial charge in [-0.05, 0) is 32.0 Å². The van der Waals surface area contributed by atoms with E-state index >= 15 is 0 Å². The number of hydrogen-bond donors (Lipinski definition) is 1. The molecule has 0 bridgehead atoms. The first-order valence-electron chi connectivity index (χ1n) is 8.50. The van der Waals surface area contributed by atoms with Crippen molar-refractivity contribution in [3.63, 3.8) is 0 Å². The molecule has 3 heterocycles. The monoisotopic (exact) mass is 338 g/mol. The van der Waals surface area contributed by atoms with Crippen molar-refractivity contribution in [2.45, 2.75) is 33.4 Å². The summed E-state index contributed by atoms with van der Waals surface area (Å²) in [6.45, 7) is 5.67. The van der Waals surface area contributed by atoms with E-state index in [1.807, 2.05) is 41.5 Å². The molecule has 0 saturated carbocycles. The van der Waals surface area contributed by atoms with Gasteiger partial charge >= 0.3 is 0 Å². The lowest BCUT2D eigenvalue weighted by atomic mass is 10.0. The maximum absolute atomic E-state index is 12.8. The molecule has 0 unspecified atom stereocenters. The van der Waals surface area contributed by atoms with Crippen LogP contribution >= 0.6 is 0 Å². The number of carbonyl (C=O) groups excluding carboxylic acids is 1. The van der Waals surface area contributed by atoms with Crippen LogP contribution in [0, 0.1) is 13.8 Å². The molecular formula is C19H22N4O2. The minimum Gasteiger partial charge on any atom is -0.497 e. The highest BCUT2D eigenvalue weighted by molar-refractivity contribution is 5.87. The first-order valence-corrected chi connectivity index (χ1v) is 8.50. The summed E-state index contributed by atoms with van der Waals surface area (Å²) in [4.78, 5) is 22.5. The molecule has 6 nitrogen and oxygen atoms in total. The lowest BCUT2D eigenvalue weighted by Gasteiger charge is -2.27. The van der Waals surface area contributed by atoms with Crippen LogP contribution in [0.2, 0.25) is 0 Å². The lowest BCUT2D eigenvalue weighted by molar-refractivity contribution is -0.132. The fraction of sp³-hybridized carbons (Fsp3) is 0.368. The van der Waals surface area contributed by atoms with Crippen LogP contribution in [0.15, 0.2) is 24.5 Å². The molecule has 130 valence electrons. The summed E-state index contributed by atoms with van der Waals surface area (Å²) in [5.74, 6) is 0.964. The smallest absolute Gasteiger partial charge is 0.242 e. The molecule has 3 aromatic rings. The number of methoxy groups -OCH3 is 1. The molecule has 0 aliphatic carbocycles. The van der Waals surface area contributed by atoms with E-state index in [1.54, 1.807) is 13.4 Å². The molecule has 0 atom stereocenters. The molecule has 0 fully saturated rings. The third kappa shape index (κ3) is 2.67. The Morgan fingerprint density at radius 3 is 2.92 bits per heavy atom. The van der Waals surface area contributed by atoms with Crippen LogP contribution in [-0.2, 0) is 24.3 Å². The molecule has 6 heteroatoms. The zero-order valence-corrected chi connectivity index (χ0v) is 14.8. The fourth-order valence-electron chi connectivity index (χ4n) is 3.48. The first-order chi connectivity index (χ1) is 12.1. The van der Waals surface area contributed by atoms with Crippen molar-refractivity contribution in [3.05, 3.63) is 47.2 Å². The standard InChI is InChI=1S/C19H22N4O2/c1-12-13(2)23(11-20-12)10-19(24)22-7-6-18-16(9-22)15-8-14(25-3)4-5-17(15)21-18/h4-5,8,11,21H,6-7,9-10H2,1-3H3. The predicted octanol–water partition coefficient (Wildman–Crippen LogP) is 2.57. The number of carbonyl (C=O) groups is 1. The Labute approximate surface area is 146 Å². The second-order valence-corrected chi connectivity index (χ2v) is 6.60. The van der Waals surface area contributed by atoms with Gasteiger partial charge in [-0.25, -0.2) is 4.98 Å². The van der Waals surface area contributed by atoms with Crippen LogP contribution in [0.1, 0.15) is 22.6 Å². The number of fused-ring (bicyclic) bond motifs is 3. The zero-order valence-electron chi connectivity index (χ0n) is 14.8. The van der Waals surface area contributed by atoms with Crippen LogP contribution in [0.25, 0.3) is 10.9 Å². The molecule has 0 radical (unpaired) electrons. The Morgan fingerprint density at radius 1 is 1.36 bits per heavy atom. The van der Waals surface area contributed by atoms with Crippen LogP contribution in [0.4, 0.5) is 0 Å². The molecule has 1 amide bonds. The van der Waals surface area contributed by atoms with E-state index in [-0.39, 0.29) is 5.91 Å². The molecule has 1 N–H and O–H groups in total. The van der Waals surface area contributed by atoms with Crippen molar-refractivity contribution in [2.75, 3.05) is 13.7 Å². The first kappa shape index (κ1) is 15.7. The summed E-state index contributed by atoms with van der Waals surface area (Å²) < 4.78 is 7.27. The number of imidazole rings is 1. The SMILES string of the molecule is COc1ccc2[nH]c3c(c2c1)CN(C(=O)Cn1cnc(C)c1C)CC3. The van der Waals surface area contributed by atoms with Crippen molar-refractivity contribution in [1.82, 2.24) is 19.4 Å². The van der Waals surface area contributed by atoms with Crippen molar-refractivity contribution < 1.29 is 9.53 Å². The molecule has 1 aliphatic heterocycles. The maximum Gasteiger partial charge on any atom is 0.242 e. The predicted molar refractivity (Wildman–Crippen MR) is 95.7 cm³/mol. The Kier molecular flexibility index (Phi) is 3.75. The maximum atomic E-state index is 12.8. The van der Waals surface area contributed by atoms with Gasteiger partial charge in [0.2, 0.25) is 5.91 Å². The van der Waals surface area contributed by atoms with Gasteiger partial charge in [-0.3, -0.25) is 4.79 Å². The Morgan fingerprint density at radius 2 is 2.20 bits per heavy atom. The molecule has 25 heavy (non-hydrogen) atoms. The highest BCUT2D eigenvalue weighted by atomic mass is 16.5. The third-order valence-corrected chi connectivity index (χ3v) is 5.19. The molecule has 1 aliphatic rings. The van der Waals surface area contributed by atoms with Gasteiger partial charge in [0, 0.05) is 47.4 Å². The van der Waals surface area contributed by atoms with E-state index in [0.717, 1.165) is 41.0 Å².